The van der Waals surface area contributed by atoms with Crippen molar-refractivity contribution in [2.45, 2.75) is 33.4 Å². The quantitative estimate of drug-likeness (QED) is 0.681. The van der Waals surface area contributed by atoms with Gasteiger partial charge in [-0.2, -0.15) is 0 Å². The van der Waals surface area contributed by atoms with Crippen LogP contribution in [-0.4, -0.2) is 33.5 Å². The van der Waals surface area contributed by atoms with Crippen LogP contribution in [0.15, 0.2) is 48.7 Å². The number of halogens is 1. The number of nitrogens with one attached hydrogen (secondary N) is 1. The van der Waals surface area contributed by atoms with Crippen molar-refractivity contribution >= 4 is 5.91 Å². The largest absolute Gasteiger partial charge is 0.491 e. The Kier molecular flexibility index (Phi) is 6.03. The van der Waals surface area contributed by atoms with Gasteiger partial charge in [-0.25, -0.2) is 9.07 Å². The molecule has 2 aromatic carbocycles. The molecule has 0 aliphatic carbocycles. The summed E-state index contributed by atoms with van der Waals surface area (Å²) in [5.41, 5.74) is 2.76. The number of aromatic nitrogens is 3. The Hall–Kier alpha value is -3.22. The summed E-state index contributed by atoms with van der Waals surface area (Å²) in [6, 6.07) is 12.2. The molecule has 6 nitrogen and oxygen atoms in total. The fourth-order valence-corrected chi connectivity index (χ4v) is 2.86. The highest BCUT2D eigenvalue weighted by Gasteiger charge is 2.15. The monoisotopic (exact) mass is 382 g/mol. The van der Waals surface area contributed by atoms with Crippen LogP contribution < -0.4 is 10.1 Å². The van der Waals surface area contributed by atoms with Gasteiger partial charge in [-0.05, 0) is 38.0 Å². The highest BCUT2D eigenvalue weighted by atomic mass is 19.1. The van der Waals surface area contributed by atoms with Crippen LogP contribution in [0.1, 0.15) is 34.1 Å². The van der Waals surface area contributed by atoms with Gasteiger partial charge in [0, 0.05) is 5.56 Å². The first kappa shape index (κ1) is 19.5. The Morgan fingerprint density at radius 2 is 1.89 bits per heavy atom. The molecule has 0 radical (unpaired) electrons. The third-order valence-electron chi connectivity index (χ3n) is 4.33. The highest BCUT2D eigenvalue weighted by Crippen LogP contribution is 2.22. The molecular weight excluding hydrogens is 359 g/mol. The third kappa shape index (κ3) is 4.73. The molecule has 0 saturated carbocycles. The SMILES string of the molecule is Cc1cccc(C)c1OC[C@H](C)NC(=O)c1cn(Cc2ccccc2F)nn1. The lowest BCUT2D eigenvalue weighted by Crippen LogP contribution is -2.37. The fraction of sp³-hybridized carbons (Fsp3) is 0.286. The summed E-state index contributed by atoms with van der Waals surface area (Å²) in [6.45, 7) is 6.37. The highest BCUT2D eigenvalue weighted by molar-refractivity contribution is 5.92. The van der Waals surface area contributed by atoms with Gasteiger partial charge in [0.25, 0.3) is 5.91 Å². The van der Waals surface area contributed by atoms with Crippen molar-refractivity contribution in [2.75, 3.05) is 6.61 Å². The normalized spacial score (nSPS) is 11.9. The van der Waals surface area contributed by atoms with Crippen molar-refractivity contribution < 1.29 is 13.9 Å². The lowest BCUT2D eigenvalue weighted by atomic mass is 10.1. The van der Waals surface area contributed by atoms with E-state index in [9.17, 15) is 9.18 Å². The fourth-order valence-electron chi connectivity index (χ4n) is 2.86. The van der Waals surface area contributed by atoms with Gasteiger partial charge in [0.2, 0.25) is 0 Å². The second-order valence-corrected chi connectivity index (χ2v) is 6.80. The maximum absolute atomic E-state index is 13.7. The molecule has 1 amide bonds. The van der Waals surface area contributed by atoms with Crippen molar-refractivity contribution in [3.8, 4) is 5.75 Å². The molecule has 0 unspecified atom stereocenters. The number of carbonyl (C=O) groups excluding carboxylic acids is 1. The average Bonchev–Trinajstić information content (AvgIpc) is 3.12. The van der Waals surface area contributed by atoms with E-state index >= 15 is 0 Å². The Morgan fingerprint density at radius 1 is 1.18 bits per heavy atom. The van der Waals surface area contributed by atoms with Crippen LogP contribution in [0.3, 0.4) is 0 Å². The van der Waals surface area contributed by atoms with Crippen molar-refractivity contribution in [3.05, 3.63) is 76.9 Å². The predicted molar refractivity (Wildman–Crippen MR) is 104 cm³/mol. The van der Waals surface area contributed by atoms with Gasteiger partial charge in [0.1, 0.15) is 18.2 Å². The van der Waals surface area contributed by atoms with Gasteiger partial charge < -0.3 is 10.1 Å². The summed E-state index contributed by atoms with van der Waals surface area (Å²) in [5.74, 6) is 0.165. The standard InChI is InChI=1S/C21H23FN4O2/c1-14-7-6-8-15(2)20(14)28-13-16(3)23-21(27)19-12-26(25-24-19)11-17-9-4-5-10-18(17)22/h4-10,12,16H,11,13H2,1-3H3,(H,23,27)/t16-/m0/s1. The summed E-state index contributed by atoms with van der Waals surface area (Å²) in [7, 11) is 0. The second-order valence-electron chi connectivity index (χ2n) is 6.80. The smallest absolute Gasteiger partial charge is 0.273 e. The molecule has 1 heterocycles. The number of para-hydroxylation sites is 1. The van der Waals surface area contributed by atoms with E-state index < -0.39 is 0 Å². The summed E-state index contributed by atoms with van der Waals surface area (Å²) >= 11 is 0. The van der Waals surface area contributed by atoms with Crippen LogP contribution in [0.2, 0.25) is 0 Å². The average molecular weight is 382 g/mol. The first-order valence-corrected chi connectivity index (χ1v) is 9.07. The minimum absolute atomic E-state index is 0.176. The summed E-state index contributed by atoms with van der Waals surface area (Å²) in [4.78, 5) is 12.4. The molecule has 0 aliphatic rings. The van der Waals surface area contributed by atoms with Gasteiger partial charge in [-0.15, -0.1) is 5.10 Å². The molecule has 28 heavy (non-hydrogen) atoms. The van der Waals surface area contributed by atoms with Gasteiger partial charge >= 0.3 is 0 Å². The Morgan fingerprint density at radius 3 is 2.61 bits per heavy atom. The molecule has 146 valence electrons. The molecule has 0 spiro atoms. The van der Waals surface area contributed by atoms with E-state index in [1.807, 2.05) is 39.0 Å². The zero-order valence-electron chi connectivity index (χ0n) is 16.1. The number of ether oxygens (including phenoxy) is 1. The number of aryl methyl sites for hydroxylation is 2. The minimum atomic E-state index is -0.350. The van der Waals surface area contributed by atoms with Crippen molar-refractivity contribution in [1.29, 1.82) is 0 Å². The van der Waals surface area contributed by atoms with Gasteiger partial charge in [0.15, 0.2) is 5.69 Å². The summed E-state index contributed by atoms with van der Waals surface area (Å²) < 4.78 is 21.0. The number of hydrogen-bond acceptors (Lipinski definition) is 4. The van der Waals surface area contributed by atoms with E-state index in [2.05, 4.69) is 15.6 Å². The van der Waals surface area contributed by atoms with Gasteiger partial charge in [-0.3, -0.25) is 4.79 Å². The molecule has 1 aromatic heterocycles. The number of hydrogen-bond donors (Lipinski definition) is 1. The van der Waals surface area contributed by atoms with Crippen LogP contribution in [-0.2, 0) is 6.54 Å². The third-order valence-corrected chi connectivity index (χ3v) is 4.33. The minimum Gasteiger partial charge on any atom is -0.491 e. The van der Waals surface area contributed by atoms with E-state index in [4.69, 9.17) is 4.74 Å². The molecule has 0 bridgehead atoms. The molecule has 3 rings (SSSR count). The van der Waals surface area contributed by atoms with Crippen LogP contribution >= 0.6 is 0 Å². The van der Waals surface area contributed by atoms with Crippen LogP contribution in [0.5, 0.6) is 5.75 Å². The van der Waals surface area contributed by atoms with Crippen molar-refractivity contribution in [1.82, 2.24) is 20.3 Å². The van der Waals surface area contributed by atoms with Crippen LogP contribution in [0.25, 0.3) is 0 Å². The number of nitrogens with zero attached hydrogens (tertiary/aromatic N) is 3. The zero-order valence-corrected chi connectivity index (χ0v) is 16.1. The number of amides is 1. The number of benzene rings is 2. The Balaban J connectivity index is 1.56. The summed E-state index contributed by atoms with van der Waals surface area (Å²) in [6.07, 6.45) is 1.50. The van der Waals surface area contributed by atoms with E-state index in [1.54, 1.807) is 18.2 Å². The lowest BCUT2D eigenvalue weighted by molar-refractivity contribution is 0.0921. The molecule has 3 aromatic rings. The molecule has 0 saturated heterocycles. The van der Waals surface area contributed by atoms with Crippen LogP contribution in [0.4, 0.5) is 4.39 Å². The van der Waals surface area contributed by atoms with Gasteiger partial charge in [0.05, 0.1) is 18.8 Å². The first-order valence-electron chi connectivity index (χ1n) is 9.07. The van der Waals surface area contributed by atoms with Gasteiger partial charge in [-0.1, -0.05) is 41.6 Å². The Bertz CT molecular complexity index is 950. The molecular formula is C21H23FN4O2. The zero-order chi connectivity index (χ0) is 20.1. The van der Waals surface area contributed by atoms with Crippen molar-refractivity contribution in [2.24, 2.45) is 0 Å². The lowest BCUT2D eigenvalue weighted by Gasteiger charge is -2.17. The first-order chi connectivity index (χ1) is 13.4. The maximum Gasteiger partial charge on any atom is 0.273 e. The molecule has 0 fully saturated rings. The number of rotatable bonds is 7. The van der Waals surface area contributed by atoms with Crippen LogP contribution in [0, 0.1) is 19.7 Å². The van der Waals surface area contributed by atoms with Crippen molar-refractivity contribution in [3.63, 3.8) is 0 Å². The molecule has 7 heteroatoms. The Labute approximate surface area is 163 Å². The maximum atomic E-state index is 13.7. The van der Waals surface area contributed by atoms with E-state index in [0.717, 1.165) is 16.9 Å². The van der Waals surface area contributed by atoms with E-state index in [0.29, 0.717) is 12.2 Å². The second kappa shape index (κ2) is 8.65. The topological polar surface area (TPSA) is 69.0 Å². The summed E-state index contributed by atoms with van der Waals surface area (Å²) in [5, 5.41) is 10.6. The van der Waals surface area contributed by atoms with E-state index in [1.165, 1.54) is 16.9 Å². The van der Waals surface area contributed by atoms with E-state index in [-0.39, 0.29) is 30.0 Å². The predicted octanol–water partition coefficient (Wildman–Crippen LogP) is 3.28. The number of carbonyl (C=O) groups is 1. The molecule has 1 N–H and O–H groups in total. The molecule has 0 aliphatic heterocycles. The molecule has 1 atom stereocenters.